The van der Waals surface area contributed by atoms with Crippen molar-refractivity contribution >= 4 is 33.2 Å². The standard InChI is InChI=1S/C15H18ClF3N2O3S/c1-9(22)21(13-4-2-3-5-14(13)25(20,23)24)12-7-6-10(16)8-11(12)15(17,18)19/h6-8,13-14H,2-5H2,1H3,(H2,20,23,24). The van der Waals surface area contributed by atoms with E-state index >= 15 is 0 Å². The smallest absolute Gasteiger partial charge is 0.308 e. The Morgan fingerprint density at radius 1 is 1.28 bits per heavy atom. The number of nitrogens with zero attached hydrogens (tertiary/aromatic N) is 1. The van der Waals surface area contributed by atoms with E-state index in [2.05, 4.69) is 0 Å². The van der Waals surface area contributed by atoms with Gasteiger partial charge in [0.1, 0.15) is 0 Å². The minimum atomic E-state index is -4.75. The fourth-order valence-electron chi connectivity index (χ4n) is 3.28. The number of halogens is 4. The van der Waals surface area contributed by atoms with E-state index < -0.39 is 44.6 Å². The Kier molecular flexibility index (Phi) is 5.70. The van der Waals surface area contributed by atoms with Gasteiger partial charge in [0.2, 0.25) is 15.9 Å². The maximum Gasteiger partial charge on any atom is 0.418 e. The molecule has 0 heterocycles. The largest absolute Gasteiger partial charge is 0.418 e. The van der Waals surface area contributed by atoms with E-state index in [9.17, 15) is 26.4 Å². The molecule has 2 N–H and O–H groups in total. The summed E-state index contributed by atoms with van der Waals surface area (Å²) in [5.74, 6) is -0.687. The summed E-state index contributed by atoms with van der Waals surface area (Å²) in [6.45, 7) is 1.10. The molecule has 0 bridgehead atoms. The zero-order valence-electron chi connectivity index (χ0n) is 13.4. The SMILES string of the molecule is CC(=O)N(c1ccc(Cl)cc1C(F)(F)F)C1CCCCC1S(N)(=O)=O. The number of nitrogens with two attached hydrogens (primary N) is 1. The number of amides is 1. The second kappa shape index (κ2) is 7.13. The Balaban J connectivity index is 2.61. The molecule has 1 saturated carbocycles. The van der Waals surface area contributed by atoms with Crippen molar-refractivity contribution in [1.29, 1.82) is 0 Å². The summed E-state index contributed by atoms with van der Waals surface area (Å²) in [6.07, 6.45) is -3.13. The van der Waals surface area contributed by atoms with Gasteiger partial charge in [-0.05, 0) is 31.0 Å². The van der Waals surface area contributed by atoms with Crippen molar-refractivity contribution in [2.75, 3.05) is 4.90 Å². The Morgan fingerprint density at radius 3 is 2.40 bits per heavy atom. The second-order valence-electron chi connectivity index (χ2n) is 6.03. The number of alkyl halides is 3. The van der Waals surface area contributed by atoms with Crippen LogP contribution < -0.4 is 10.0 Å². The second-order valence-corrected chi connectivity index (χ2v) is 8.25. The monoisotopic (exact) mass is 398 g/mol. The fraction of sp³-hybridized carbons (Fsp3) is 0.533. The number of carbonyl (C=O) groups is 1. The zero-order chi connectivity index (χ0) is 19.0. The number of primary sulfonamides is 1. The molecule has 1 aromatic rings. The third-order valence-electron chi connectivity index (χ3n) is 4.28. The number of carbonyl (C=O) groups excluding carboxylic acids is 1. The zero-order valence-corrected chi connectivity index (χ0v) is 15.0. The molecule has 1 fully saturated rings. The summed E-state index contributed by atoms with van der Waals surface area (Å²) < 4.78 is 64.0. The van der Waals surface area contributed by atoms with Gasteiger partial charge in [-0.25, -0.2) is 13.6 Å². The summed E-state index contributed by atoms with van der Waals surface area (Å²) >= 11 is 5.67. The third-order valence-corrected chi connectivity index (χ3v) is 5.91. The van der Waals surface area contributed by atoms with E-state index in [1.165, 1.54) is 6.07 Å². The van der Waals surface area contributed by atoms with E-state index in [4.69, 9.17) is 16.7 Å². The number of hydrogen-bond donors (Lipinski definition) is 1. The average Bonchev–Trinajstić information content (AvgIpc) is 2.47. The van der Waals surface area contributed by atoms with Crippen LogP contribution in [0.2, 0.25) is 5.02 Å². The van der Waals surface area contributed by atoms with Crippen molar-refractivity contribution in [2.45, 2.75) is 50.1 Å². The molecule has 2 unspecified atom stereocenters. The molecule has 1 amide bonds. The lowest BCUT2D eigenvalue weighted by Crippen LogP contribution is -2.53. The van der Waals surface area contributed by atoms with Crippen LogP contribution in [0.1, 0.15) is 38.2 Å². The van der Waals surface area contributed by atoms with E-state index in [0.717, 1.165) is 24.0 Å². The first kappa shape index (κ1) is 20.0. The minimum Gasteiger partial charge on any atom is -0.308 e. The first-order chi connectivity index (χ1) is 11.4. The molecule has 10 heteroatoms. The van der Waals surface area contributed by atoms with Gasteiger partial charge in [-0.15, -0.1) is 0 Å². The van der Waals surface area contributed by atoms with Crippen molar-refractivity contribution in [2.24, 2.45) is 5.14 Å². The van der Waals surface area contributed by atoms with Gasteiger partial charge in [-0.3, -0.25) is 4.79 Å². The van der Waals surface area contributed by atoms with Gasteiger partial charge < -0.3 is 4.90 Å². The van der Waals surface area contributed by atoms with E-state index in [1.807, 2.05) is 0 Å². The van der Waals surface area contributed by atoms with Crippen molar-refractivity contribution < 1.29 is 26.4 Å². The molecule has 0 aromatic heterocycles. The normalized spacial score (nSPS) is 21.8. The van der Waals surface area contributed by atoms with Crippen LogP contribution >= 0.6 is 11.6 Å². The highest BCUT2D eigenvalue weighted by Gasteiger charge is 2.42. The lowest BCUT2D eigenvalue weighted by molar-refractivity contribution is -0.137. The van der Waals surface area contributed by atoms with Crippen LogP contribution in [0.5, 0.6) is 0 Å². The lowest BCUT2D eigenvalue weighted by atomic mass is 9.92. The number of sulfonamides is 1. The van der Waals surface area contributed by atoms with Crippen molar-refractivity contribution in [3.8, 4) is 0 Å². The third kappa shape index (κ3) is 4.45. The molecule has 0 saturated heterocycles. The summed E-state index contributed by atoms with van der Waals surface area (Å²) in [5, 5.41) is 4.01. The Morgan fingerprint density at radius 2 is 1.88 bits per heavy atom. The van der Waals surface area contributed by atoms with E-state index in [1.54, 1.807) is 0 Å². The number of hydrogen-bond acceptors (Lipinski definition) is 3. The van der Waals surface area contributed by atoms with Crippen LogP contribution in [0.3, 0.4) is 0 Å². The van der Waals surface area contributed by atoms with Gasteiger partial charge in [-0.1, -0.05) is 24.4 Å². The van der Waals surface area contributed by atoms with Gasteiger partial charge in [0.25, 0.3) is 0 Å². The number of benzene rings is 1. The van der Waals surface area contributed by atoms with Crippen LogP contribution in [0.15, 0.2) is 18.2 Å². The van der Waals surface area contributed by atoms with Crippen molar-refractivity contribution in [1.82, 2.24) is 0 Å². The maximum atomic E-state index is 13.4. The van der Waals surface area contributed by atoms with Crippen LogP contribution in [0.4, 0.5) is 18.9 Å². The van der Waals surface area contributed by atoms with Crippen molar-refractivity contribution in [3.63, 3.8) is 0 Å². The topological polar surface area (TPSA) is 80.5 Å². The van der Waals surface area contributed by atoms with Gasteiger partial charge in [0, 0.05) is 11.9 Å². The average molecular weight is 399 g/mol. The van der Waals surface area contributed by atoms with Crippen LogP contribution in [0, 0.1) is 0 Å². The predicted molar refractivity (Wildman–Crippen MR) is 88.8 cm³/mol. The molecular formula is C15H18ClF3N2O3S. The molecule has 0 radical (unpaired) electrons. The fourth-order valence-corrected chi connectivity index (χ4v) is 4.65. The van der Waals surface area contributed by atoms with Gasteiger partial charge in [0.15, 0.2) is 0 Å². The summed E-state index contributed by atoms with van der Waals surface area (Å²) in [4.78, 5) is 13.1. The molecule has 0 aliphatic heterocycles. The van der Waals surface area contributed by atoms with Crippen LogP contribution in [0.25, 0.3) is 0 Å². The van der Waals surface area contributed by atoms with Crippen molar-refractivity contribution in [3.05, 3.63) is 28.8 Å². The highest BCUT2D eigenvalue weighted by molar-refractivity contribution is 7.89. The number of anilines is 1. The molecule has 1 aliphatic carbocycles. The molecular weight excluding hydrogens is 381 g/mol. The summed E-state index contributed by atoms with van der Waals surface area (Å²) in [6, 6.07) is 2.09. The van der Waals surface area contributed by atoms with E-state index in [0.29, 0.717) is 12.8 Å². The Hall–Kier alpha value is -1.32. The van der Waals surface area contributed by atoms with E-state index in [-0.39, 0.29) is 17.9 Å². The Bertz CT molecular complexity index is 768. The van der Waals surface area contributed by atoms with Gasteiger partial charge >= 0.3 is 6.18 Å². The van der Waals surface area contributed by atoms with Crippen LogP contribution in [-0.4, -0.2) is 25.6 Å². The molecule has 5 nitrogen and oxygen atoms in total. The molecule has 2 rings (SSSR count). The molecule has 1 aliphatic rings. The van der Waals surface area contributed by atoms with Gasteiger partial charge in [-0.2, -0.15) is 13.2 Å². The quantitative estimate of drug-likeness (QED) is 0.848. The predicted octanol–water partition coefficient (Wildman–Crippen LogP) is 3.31. The maximum absolute atomic E-state index is 13.4. The number of rotatable bonds is 3. The summed E-state index contributed by atoms with van der Waals surface area (Å²) in [5.41, 5.74) is -1.50. The van der Waals surface area contributed by atoms with Gasteiger partial charge in [0.05, 0.1) is 22.5 Å². The molecule has 140 valence electrons. The minimum absolute atomic E-state index is 0.133. The molecule has 0 spiro atoms. The molecule has 2 atom stereocenters. The lowest BCUT2D eigenvalue weighted by Gasteiger charge is -2.39. The first-order valence-corrected chi connectivity index (χ1v) is 9.60. The molecule has 25 heavy (non-hydrogen) atoms. The first-order valence-electron chi connectivity index (χ1n) is 7.61. The highest BCUT2D eigenvalue weighted by atomic mass is 35.5. The molecule has 1 aromatic carbocycles. The summed E-state index contributed by atoms with van der Waals surface area (Å²) in [7, 11) is -4.02. The Labute approximate surface area is 149 Å². The highest BCUT2D eigenvalue weighted by Crippen LogP contribution is 2.41. The van der Waals surface area contributed by atoms with Crippen LogP contribution in [-0.2, 0) is 21.0 Å².